The van der Waals surface area contributed by atoms with Gasteiger partial charge in [0.25, 0.3) is 0 Å². The Hall–Kier alpha value is -1.19. The zero-order valence-electron chi connectivity index (χ0n) is 7.79. The largest absolute Gasteiger partial charge is 0.295 e. The van der Waals surface area contributed by atoms with Gasteiger partial charge in [-0.2, -0.15) is 0 Å². The van der Waals surface area contributed by atoms with E-state index in [2.05, 4.69) is 15.3 Å². The maximum atomic E-state index is 10.9. The Bertz CT molecular complexity index is 196. The molecule has 0 aromatic carbocycles. The third-order valence-electron chi connectivity index (χ3n) is 1.18. The average Bonchev–Trinajstić information content (AvgIpc) is 2.11. The van der Waals surface area contributed by atoms with Crippen molar-refractivity contribution in [2.75, 3.05) is 7.05 Å². The molecule has 0 aromatic rings. The summed E-state index contributed by atoms with van der Waals surface area (Å²) in [7, 11) is 1.60. The van der Waals surface area contributed by atoms with Gasteiger partial charge in [0.2, 0.25) is 11.9 Å². The first kappa shape index (κ1) is 10.8. The summed E-state index contributed by atoms with van der Waals surface area (Å²) in [5.41, 5.74) is 0. The lowest BCUT2D eigenvalue weighted by Gasteiger charge is -1.99. The number of nitrogens with one attached hydrogen (secondary N) is 1. The first-order valence-electron chi connectivity index (χ1n) is 4.03. The molecule has 0 rings (SSSR count). The third-order valence-corrected chi connectivity index (χ3v) is 1.18. The van der Waals surface area contributed by atoms with E-state index in [0.717, 1.165) is 6.42 Å². The van der Waals surface area contributed by atoms with Crippen LogP contribution in [0.1, 0.15) is 26.7 Å². The minimum absolute atomic E-state index is 0.0659. The molecular weight excluding hydrogens is 154 g/mol. The van der Waals surface area contributed by atoms with Crippen LogP contribution in [0.3, 0.4) is 0 Å². The topological polar surface area (TPSA) is 53.8 Å². The Labute approximate surface area is 72.8 Å². The lowest BCUT2D eigenvalue weighted by Crippen LogP contribution is -2.28. The van der Waals surface area contributed by atoms with Crippen LogP contribution >= 0.6 is 0 Å². The Balaban J connectivity index is 4.02. The van der Waals surface area contributed by atoms with Crippen molar-refractivity contribution >= 4 is 18.1 Å². The molecule has 0 saturated heterocycles. The van der Waals surface area contributed by atoms with E-state index in [1.807, 2.05) is 6.92 Å². The lowest BCUT2D eigenvalue weighted by molar-refractivity contribution is -0.119. The van der Waals surface area contributed by atoms with Crippen LogP contribution in [0.25, 0.3) is 0 Å². The van der Waals surface area contributed by atoms with Gasteiger partial charge in [-0.3, -0.25) is 15.1 Å². The van der Waals surface area contributed by atoms with Gasteiger partial charge in [-0.25, -0.2) is 4.99 Å². The summed E-state index contributed by atoms with van der Waals surface area (Å²) in [6.45, 7) is 3.75. The van der Waals surface area contributed by atoms with Crippen LogP contribution in [0.5, 0.6) is 0 Å². The molecule has 0 atom stereocenters. The van der Waals surface area contributed by atoms with Crippen LogP contribution in [0, 0.1) is 0 Å². The first-order valence-corrected chi connectivity index (χ1v) is 4.03. The molecule has 0 bridgehead atoms. The van der Waals surface area contributed by atoms with E-state index in [-0.39, 0.29) is 5.91 Å². The molecule has 0 aliphatic heterocycles. The second kappa shape index (κ2) is 6.52. The van der Waals surface area contributed by atoms with Gasteiger partial charge in [-0.1, -0.05) is 13.8 Å². The van der Waals surface area contributed by atoms with Crippen molar-refractivity contribution < 1.29 is 4.79 Å². The Morgan fingerprint density at radius 3 is 2.58 bits per heavy atom. The van der Waals surface area contributed by atoms with Crippen LogP contribution in [-0.4, -0.2) is 25.1 Å². The summed E-state index contributed by atoms with van der Waals surface area (Å²) in [6.07, 6.45) is 2.99. The van der Waals surface area contributed by atoms with Crippen molar-refractivity contribution in [3.63, 3.8) is 0 Å². The zero-order chi connectivity index (χ0) is 9.40. The van der Waals surface area contributed by atoms with Gasteiger partial charge >= 0.3 is 0 Å². The second-order valence-corrected chi connectivity index (χ2v) is 2.17. The molecule has 0 fully saturated rings. The molecule has 12 heavy (non-hydrogen) atoms. The highest BCUT2D eigenvalue weighted by molar-refractivity contribution is 5.99. The first-order chi connectivity index (χ1) is 5.74. The fraction of sp³-hybridized carbons (Fsp3) is 0.625. The number of hydrogen-bond donors (Lipinski definition) is 1. The van der Waals surface area contributed by atoms with Gasteiger partial charge in [-0.15, -0.1) is 0 Å². The van der Waals surface area contributed by atoms with Crippen LogP contribution in [0.4, 0.5) is 0 Å². The second-order valence-electron chi connectivity index (χ2n) is 2.17. The van der Waals surface area contributed by atoms with Crippen molar-refractivity contribution in [1.82, 2.24) is 5.32 Å². The summed E-state index contributed by atoms with van der Waals surface area (Å²) in [5, 5.41) is 2.56. The highest BCUT2D eigenvalue weighted by Gasteiger charge is 1.98. The maximum Gasteiger partial charge on any atom is 0.226 e. The summed E-state index contributed by atoms with van der Waals surface area (Å²) in [4.78, 5) is 18.6. The Morgan fingerprint density at radius 2 is 2.17 bits per heavy atom. The highest BCUT2D eigenvalue weighted by Crippen LogP contribution is 1.80. The number of guanidine groups is 1. The van der Waals surface area contributed by atoms with Crippen LogP contribution < -0.4 is 5.32 Å². The molecule has 0 unspecified atom stereocenters. The van der Waals surface area contributed by atoms with Crippen molar-refractivity contribution in [2.45, 2.75) is 26.7 Å². The number of nitrogens with zero attached hydrogens (tertiary/aromatic N) is 2. The zero-order valence-corrected chi connectivity index (χ0v) is 7.79. The predicted octanol–water partition coefficient (Wildman–Crippen LogP) is 0.979. The van der Waals surface area contributed by atoms with E-state index in [9.17, 15) is 4.79 Å². The van der Waals surface area contributed by atoms with Gasteiger partial charge in [0.15, 0.2) is 0 Å². The summed E-state index contributed by atoms with van der Waals surface area (Å²) in [5.74, 6) is 0.313. The molecule has 1 amide bonds. The molecule has 0 aliphatic rings. The molecule has 0 saturated carbocycles. The van der Waals surface area contributed by atoms with Gasteiger partial charge in [0.05, 0.1) is 0 Å². The van der Waals surface area contributed by atoms with Crippen LogP contribution in [0.2, 0.25) is 0 Å². The fourth-order valence-electron chi connectivity index (χ4n) is 0.537. The Morgan fingerprint density at radius 1 is 1.50 bits per heavy atom. The number of carbonyl (C=O) groups is 1. The van der Waals surface area contributed by atoms with Crippen molar-refractivity contribution in [3.8, 4) is 0 Å². The molecule has 68 valence electrons. The quantitative estimate of drug-likeness (QED) is 0.486. The minimum atomic E-state index is -0.0659. The lowest BCUT2D eigenvalue weighted by atomic mass is 10.4. The van der Waals surface area contributed by atoms with Gasteiger partial charge in [-0.05, 0) is 6.42 Å². The number of aliphatic imine (C=N–C) groups is 2. The molecule has 0 spiro atoms. The van der Waals surface area contributed by atoms with Crippen molar-refractivity contribution in [2.24, 2.45) is 9.98 Å². The molecule has 0 aliphatic carbocycles. The molecule has 4 heteroatoms. The number of hydrogen-bond acceptors (Lipinski definition) is 2. The van der Waals surface area contributed by atoms with E-state index in [1.54, 1.807) is 20.2 Å². The van der Waals surface area contributed by atoms with E-state index >= 15 is 0 Å². The van der Waals surface area contributed by atoms with Gasteiger partial charge in [0, 0.05) is 19.7 Å². The summed E-state index contributed by atoms with van der Waals surface area (Å²) < 4.78 is 0. The van der Waals surface area contributed by atoms with E-state index in [1.165, 1.54) is 0 Å². The Kier molecular flexibility index (Phi) is 5.87. The predicted molar refractivity (Wildman–Crippen MR) is 50.6 cm³/mol. The summed E-state index contributed by atoms with van der Waals surface area (Å²) in [6, 6.07) is 0. The van der Waals surface area contributed by atoms with Crippen molar-refractivity contribution in [3.05, 3.63) is 0 Å². The highest BCUT2D eigenvalue weighted by atomic mass is 16.1. The molecule has 0 radical (unpaired) electrons. The number of amides is 1. The summed E-state index contributed by atoms with van der Waals surface area (Å²) >= 11 is 0. The van der Waals surface area contributed by atoms with Crippen molar-refractivity contribution in [1.29, 1.82) is 0 Å². The minimum Gasteiger partial charge on any atom is -0.295 e. The molecule has 4 nitrogen and oxygen atoms in total. The standard InChI is InChI=1S/C8H15N3O/c1-4-6-10-8(9-3)11-7(12)5-2/h6H,4-5H2,1-3H3,(H,9,11,12)/b10-6-. The van der Waals surface area contributed by atoms with E-state index in [0.29, 0.717) is 12.4 Å². The van der Waals surface area contributed by atoms with E-state index < -0.39 is 0 Å². The van der Waals surface area contributed by atoms with Crippen LogP contribution in [0.15, 0.2) is 9.98 Å². The smallest absolute Gasteiger partial charge is 0.226 e. The number of carbonyl (C=O) groups excluding carboxylic acids is 1. The SMILES string of the molecule is CC/C=N\C(=NC)NC(=O)CC. The maximum absolute atomic E-state index is 10.9. The number of rotatable bonds is 2. The van der Waals surface area contributed by atoms with Gasteiger partial charge < -0.3 is 0 Å². The molecule has 1 N–H and O–H groups in total. The monoisotopic (exact) mass is 169 g/mol. The molecule has 0 aromatic heterocycles. The van der Waals surface area contributed by atoms with E-state index in [4.69, 9.17) is 0 Å². The normalized spacial score (nSPS) is 12.1. The van der Waals surface area contributed by atoms with Crippen LogP contribution in [-0.2, 0) is 4.79 Å². The molecular formula is C8H15N3O. The average molecular weight is 169 g/mol. The van der Waals surface area contributed by atoms with Gasteiger partial charge in [0.1, 0.15) is 0 Å². The fourth-order valence-corrected chi connectivity index (χ4v) is 0.537. The molecule has 0 heterocycles. The third kappa shape index (κ3) is 4.60.